The lowest BCUT2D eigenvalue weighted by Crippen LogP contribution is -2.35. The SMILES string of the molecule is CCN(CC)C(N)=O.CNC. The molecular formula is C7H19N3O. The highest BCUT2D eigenvalue weighted by Crippen LogP contribution is 1.82. The summed E-state index contributed by atoms with van der Waals surface area (Å²) < 4.78 is 0. The van der Waals surface area contributed by atoms with E-state index in [2.05, 4.69) is 5.32 Å². The van der Waals surface area contributed by atoms with Crippen LogP contribution in [0.15, 0.2) is 0 Å². The Hall–Kier alpha value is -0.770. The van der Waals surface area contributed by atoms with Crippen LogP contribution in [-0.4, -0.2) is 38.1 Å². The molecule has 0 fully saturated rings. The van der Waals surface area contributed by atoms with Crippen molar-refractivity contribution in [3.05, 3.63) is 0 Å². The van der Waals surface area contributed by atoms with Crippen LogP contribution < -0.4 is 11.1 Å². The summed E-state index contributed by atoms with van der Waals surface area (Å²) in [5, 5.41) is 2.75. The van der Waals surface area contributed by atoms with E-state index in [0.29, 0.717) is 13.1 Å². The van der Waals surface area contributed by atoms with Gasteiger partial charge < -0.3 is 16.0 Å². The summed E-state index contributed by atoms with van der Waals surface area (Å²) in [6.07, 6.45) is 0. The van der Waals surface area contributed by atoms with E-state index in [1.165, 1.54) is 0 Å². The van der Waals surface area contributed by atoms with Gasteiger partial charge in [-0.2, -0.15) is 0 Å². The van der Waals surface area contributed by atoms with Crippen molar-refractivity contribution in [2.75, 3.05) is 27.2 Å². The Kier molecular flexibility index (Phi) is 10.8. The molecular weight excluding hydrogens is 142 g/mol. The van der Waals surface area contributed by atoms with Crippen molar-refractivity contribution >= 4 is 6.03 Å². The van der Waals surface area contributed by atoms with Crippen LogP contribution in [0.1, 0.15) is 13.8 Å². The first-order valence-corrected chi connectivity index (χ1v) is 3.76. The third-order valence-corrected chi connectivity index (χ3v) is 1.08. The van der Waals surface area contributed by atoms with Gasteiger partial charge in [0.15, 0.2) is 0 Å². The lowest BCUT2D eigenvalue weighted by molar-refractivity contribution is 0.213. The number of carbonyl (C=O) groups excluding carboxylic acids is 1. The number of carbonyl (C=O) groups is 1. The van der Waals surface area contributed by atoms with Crippen LogP contribution in [0.4, 0.5) is 4.79 Å². The maximum Gasteiger partial charge on any atom is 0.314 e. The van der Waals surface area contributed by atoms with Gasteiger partial charge in [-0.15, -0.1) is 0 Å². The summed E-state index contributed by atoms with van der Waals surface area (Å²) in [5.41, 5.74) is 4.94. The third-order valence-electron chi connectivity index (χ3n) is 1.08. The van der Waals surface area contributed by atoms with Gasteiger partial charge in [-0.1, -0.05) is 0 Å². The first-order valence-electron chi connectivity index (χ1n) is 3.76. The Balaban J connectivity index is 0. The summed E-state index contributed by atoms with van der Waals surface area (Å²) in [7, 11) is 3.75. The molecule has 0 aromatic heterocycles. The summed E-state index contributed by atoms with van der Waals surface area (Å²) in [5.74, 6) is 0. The van der Waals surface area contributed by atoms with Gasteiger partial charge in [0.05, 0.1) is 0 Å². The Morgan fingerprint density at radius 2 is 1.64 bits per heavy atom. The third kappa shape index (κ3) is 9.23. The van der Waals surface area contributed by atoms with Crippen molar-refractivity contribution in [2.24, 2.45) is 5.73 Å². The van der Waals surface area contributed by atoms with Gasteiger partial charge in [-0.05, 0) is 27.9 Å². The molecule has 0 heterocycles. The molecule has 0 aliphatic heterocycles. The normalized spacial score (nSPS) is 8.00. The molecule has 4 heteroatoms. The number of hydrogen-bond acceptors (Lipinski definition) is 2. The zero-order valence-electron chi connectivity index (χ0n) is 7.85. The summed E-state index contributed by atoms with van der Waals surface area (Å²) in [6, 6.07) is -0.338. The Labute approximate surface area is 68.7 Å². The van der Waals surface area contributed by atoms with E-state index < -0.39 is 0 Å². The number of rotatable bonds is 2. The van der Waals surface area contributed by atoms with Crippen LogP contribution >= 0.6 is 0 Å². The van der Waals surface area contributed by atoms with Gasteiger partial charge in [-0.25, -0.2) is 4.79 Å². The van der Waals surface area contributed by atoms with Crippen molar-refractivity contribution in [1.29, 1.82) is 0 Å². The molecule has 0 aromatic rings. The number of nitrogens with zero attached hydrogens (tertiary/aromatic N) is 1. The number of nitrogens with two attached hydrogens (primary N) is 1. The van der Waals surface area contributed by atoms with Crippen molar-refractivity contribution in [1.82, 2.24) is 10.2 Å². The number of amides is 2. The second kappa shape index (κ2) is 9.23. The molecule has 0 saturated heterocycles. The highest BCUT2D eigenvalue weighted by Gasteiger charge is 2.00. The lowest BCUT2D eigenvalue weighted by Gasteiger charge is -2.13. The summed E-state index contributed by atoms with van der Waals surface area (Å²) in [6.45, 7) is 5.19. The number of hydrogen-bond donors (Lipinski definition) is 2. The molecule has 11 heavy (non-hydrogen) atoms. The van der Waals surface area contributed by atoms with E-state index in [9.17, 15) is 4.79 Å². The minimum absolute atomic E-state index is 0.338. The number of primary amides is 1. The predicted octanol–water partition coefficient (Wildman–Crippen LogP) is 0.243. The maximum atomic E-state index is 10.3. The summed E-state index contributed by atoms with van der Waals surface area (Å²) in [4.78, 5) is 11.9. The molecule has 0 rings (SSSR count). The summed E-state index contributed by atoms with van der Waals surface area (Å²) >= 11 is 0. The molecule has 0 radical (unpaired) electrons. The van der Waals surface area contributed by atoms with E-state index in [1.54, 1.807) is 4.90 Å². The number of urea groups is 1. The molecule has 3 N–H and O–H groups in total. The van der Waals surface area contributed by atoms with Gasteiger partial charge in [-0.3, -0.25) is 0 Å². The van der Waals surface area contributed by atoms with Crippen LogP contribution in [0.3, 0.4) is 0 Å². The molecule has 0 aliphatic carbocycles. The van der Waals surface area contributed by atoms with Crippen LogP contribution in [0, 0.1) is 0 Å². The lowest BCUT2D eigenvalue weighted by atomic mass is 10.5. The maximum absolute atomic E-state index is 10.3. The smallest absolute Gasteiger partial charge is 0.314 e. The molecule has 68 valence electrons. The number of nitrogens with one attached hydrogen (secondary N) is 1. The van der Waals surface area contributed by atoms with Crippen molar-refractivity contribution in [2.45, 2.75) is 13.8 Å². The Bertz CT molecular complexity index is 91.7. The average molecular weight is 161 g/mol. The molecule has 0 saturated carbocycles. The second-order valence-corrected chi connectivity index (χ2v) is 2.01. The van der Waals surface area contributed by atoms with E-state index in [-0.39, 0.29) is 6.03 Å². The van der Waals surface area contributed by atoms with Crippen LogP contribution in [0.25, 0.3) is 0 Å². The zero-order valence-corrected chi connectivity index (χ0v) is 7.85. The standard InChI is InChI=1S/C5H12N2O.C2H7N/c1-3-7(4-2)5(6)8;1-3-2/h3-4H2,1-2H3,(H2,6,8);3H,1-2H3. The fraction of sp³-hybridized carbons (Fsp3) is 0.857. The van der Waals surface area contributed by atoms with Crippen molar-refractivity contribution < 1.29 is 4.79 Å². The van der Waals surface area contributed by atoms with Gasteiger partial charge >= 0.3 is 6.03 Å². The minimum Gasteiger partial charge on any atom is -0.351 e. The minimum atomic E-state index is -0.338. The predicted molar refractivity (Wildman–Crippen MR) is 47.5 cm³/mol. The van der Waals surface area contributed by atoms with Crippen molar-refractivity contribution in [3.8, 4) is 0 Å². The van der Waals surface area contributed by atoms with Crippen LogP contribution in [-0.2, 0) is 0 Å². The van der Waals surface area contributed by atoms with Gasteiger partial charge in [0.2, 0.25) is 0 Å². The Morgan fingerprint density at radius 1 is 1.36 bits per heavy atom. The van der Waals surface area contributed by atoms with Crippen LogP contribution in [0.5, 0.6) is 0 Å². The molecule has 0 bridgehead atoms. The quantitative estimate of drug-likeness (QED) is 0.609. The monoisotopic (exact) mass is 161 g/mol. The first-order chi connectivity index (χ1) is 5.13. The van der Waals surface area contributed by atoms with E-state index >= 15 is 0 Å². The highest BCUT2D eigenvalue weighted by molar-refractivity contribution is 5.71. The molecule has 2 amide bonds. The molecule has 0 unspecified atom stereocenters. The fourth-order valence-corrected chi connectivity index (χ4v) is 0.535. The highest BCUT2D eigenvalue weighted by atomic mass is 16.2. The molecule has 0 aromatic carbocycles. The van der Waals surface area contributed by atoms with Crippen molar-refractivity contribution in [3.63, 3.8) is 0 Å². The van der Waals surface area contributed by atoms with Gasteiger partial charge in [0, 0.05) is 13.1 Å². The average Bonchev–Trinajstić information content (AvgIpc) is 1.91. The molecule has 0 spiro atoms. The van der Waals surface area contributed by atoms with E-state index in [4.69, 9.17) is 5.73 Å². The Morgan fingerprint density at radius 3 is 1.64 bits per heavy atom. The molecule has 0 atom stereocenters. The second-order valence-electron chi connectivity index (χ2n) is 2.01. The molecule has 4 nitrogen and oxygen atoms in total. The van der Waals surface area contributed by atoms with Gasteiger partial charge in [0.25, 0.3) is 0 Å². The van der Waals surface area contributed by atoms with Crippen LogP contribution in [0.2, 0.25) is 0 Å². The zero-order chi connectivity index (χ0) is 9.28. The first kappa shape index (κ1) is 12.9. The topological polar surface area (TPSA) is 58.4 Å². The van der Waals surface area contributed by atoms with E-state index in [0.717, 1.165) is 0 Å². The fourth-order valence-electron chi connectivity index (χ4n) is 0.535. The molecule has 0 aliphatic rings. The van der Waals surface area contributed by atoms with Gasteiger partial charge in [0.1, 0.15) is 0 Å². The largest absolute Gasteiger partial charge is 0.351 e. The van der Waals surface area contributed by atoms with E-state index in [1.807, 2.05) is 27.9 Å².